The summed E-state index contributed by atoms with van der Waals surface area (Å²) in [4.78, 5) is 4.32. The van der Waals surface area contributed by atoms with E-state index >= 15 is 0 Å². The van der Waals surface area contributed by atoms with Crippen molar-refractivity contribution in [3.8, 4) is 0 Å². The average molecular weight is 209 g/mol. The highest BCUT2D eigenvalue weighted by molar-refractivity contribution is 5.77. The summed E-state index contributed by atoms with van der Waals surface area (Å²) in [6.45, 7) is 0. The van der Waals surface area contributed by atoms with Gasteiger partial charge in [-0.05, 0) is 35.9 Å². The van der Waals surface area contributed by atoms with Gasteiger partial charge in [0, 0.05) is 23.7 Å². The number of rotatable bonds is 2. The SMILES string of the molecule is c1ccc(Cc2ccc3occc3c2)nc1. The van der Waals surface area contributed by atoms with Gasteiger partial charge in [-0.1, -0.05) is 12.1 Å². The minimum absolute atomic E-state index is 0.863. The van der Waals surface area contributed by atoms with Crippen LogP contribution in [0.3, 0.4) is 0 Å². The molecular weight excluding hydrogens is 198 g/mol. The first-order valence-electron chi connectivity index (χ1n) is 5.28. The molecule has 0 aliphatic carbocycles. The van der Waals surface area contributed by atoms with Gasteiger partial charge in [0.25, 0.3) is 0 Å². The Bertz CT molecular complexity index is 598. The lowest BCUT2D eigenvalue weighted by Gasteiger charge is -2.00. The minimum atomic E-state index is 0.863. The zero-order chi connectivity index (χ0) is 10.8. The molecule has 0 saturated carbocycles. The first-order chi connectivity index (χ1) is 7.92. The molecule has 0 aliphatic heterocycles. The first kappa shape index (κ1) is 9.16. The molecule has 0 atom stereocenters. The second kappa shape index (κ2) is 3.81. The molecule has 1 aromatic carbocycles. The molecule has 0 N–H and O–H groups in total. The monoisotopic (exact) mass is 209 g/mol. The molecule has 2 heterocycles. The molecule has 2 nitrogen and oxygen atoms in total. The molecule has 0 bridgehead atoms. The highest BCUT2D eigenvalue weighted by atomic mass is 16.3. The van der Waals surface area contributed by atoms with E-state index in [4.69, 9.17) is 4.42 Å². The van der Waals surface area contributed by atoms with Gasteiger partial charge in [0.15, 0.2) is 0 Å². The summed E-state index contributed by atoms with van der Waals surface area (Å²) in [7, 11) is 0. The molecule has 2 heteroatoms. The number of hydrogen-bond donors (Lipinski definition) is 0. The predicted octanol–water partition coefficient (Wildman–Crippen LogP) is 3.42. The Morgan fingerprint density at radius 2 is 2.06 bits per heavy atom. The lowest BCUT2D eigenvalue weighted by molar-refractivity contribution is 0.616. The molecule has 3 aromatic rings. The van der Waals surface area contributed by atoms with Gasteiger partial charge < -0.3 is 4.42 Å². The van der Waals surface area contributed by atoms with E-state index in [1.165, 1.54) is 5.56 Å². The average Bonchev–Trinajstić information content (AvgIpc) is 2.77. The molecule has 3 rings (SSSR count). The molecule has 0 unspecified atom stereocenters. The van der Waals surface area contributed by atoms with Crippen LogP contribution in [0.25, 0.3) is 11.0 Å². The lowest BCUT2D eigenvalue weighted by atomic mass is 10.1. The van der Waals surface area contributed by atoms with Gasteiger partial charge in [-0.15, -0.1) is 0 Å². The Balaban J connectivity index is 1.94. The third kappa shape index (κ3) is 1.70. The molecule has 0 amide bonds. The zero-order valence-corrected chi connectivity index (χ0v) is 8.76. The van der Waals surface area contributed by atoms with E-state index in [0.29, 0.717) is 0 Å². The van der Waals surface area contributed by atoms with Gasteiger partial charge in [0.1, 0.15) is 5.58 Å². The van der Waals surface area contributed by atoms with E-state index < -0.39 is 0 Å². The van der Waals surface area contributed by atoms with Gasteiger partial charge in [0.05, 0.1) is 6.26 Å². The van der Waals surface area contributed by atoms with Gasteiger partial charge in [0.2, 0.25) is 0 Å². The fourth-order valence-corrected chi connectivity index (χ4v) is 1.84. The molecule has 0 aliphatic rings. The third-order valence-corrected chi connectivity index (χ3v) is 2.63. The minimum Gasteiger partial charge on any atom is -0.464 e. The van der Waals surface area contributed by atoms with Crippen molar-refractivity contribution in [3.63, 3.8) is 0 Å². The van der Waals surface area contributed by atoms with E-state index in [0.717, 1.165) is 23.1 Å². The summed E-state index contributed by atoms with van der Waals surface area (Å²) in [5.74, 6) is 0. The molecule has 0 spiro atoms. The topological polar surface area (TPSA) is 26.0 Å². The normalized spacial score (nSPS) is 10.8. The second-order valence-electron chi connectivity index (χ2n) is 3.79. The van der Waals surface area contributed by atoms with Crippen LogP contribution in [0.15, 0.2) is 59.3 Å². The Morgan fingerprint density at radius 1 is 1.06 bits per heavy atom. The van der Waals surface area contributed by atoms with E-state index in [9.17, 15) is 0 Å². The Hall–Kier alpha value is -2.09. The summed E-state index contributed by atoms with van der Waals surface area (Å²) in [5, 5.41) is 1.15. The molecule has 78 valence electrons. The van der Waals surface area contributed by atoms with Gasteiger partial charge in [-0.25, -0.2) is 0 Å². The Morgan fingerprint density at radius 3 is 2.94 bits per heavy atom. The van der Waals surface area contributed by atoms with Crippen molar-refractivity contribution in [2.45, 2.75) is 6.42 Å². The molecular formula is C14H11NO. The summed E-state index contributed by atoms with van der Waals surface area (Å²) in [5.41, 5.74) is 3.28. The van der Waals surface area contributed by atoms with E-state index in [2.05, 4.69) is 17.1 Å². The van der Waals surface area contributed by atoms with Crippen LogP contribution in [0.4, 0.5) is 0 Å². The predicted molar refractivity (Wildman–Crippen MR) is 63.3 cm³/mol. The number of furan rings is 1. The van der Waals surface area contributed by atoms with E-state index in [-0.39, 0.29) is 0 Å². The number of aromatic nitrogens is 1. The van der Waals surface area contributed by atoms with Gasteiger partial charge in [-0.3, -0.25) is 4.98 Å². The number of hydrogen-bond acceptors (Lipinski definition) is 2. The summed E-state index contributed by atoms with van der Waals surface area (Å²) in [6.07, 6.45) is 4.41. The highest BCUT2D eigenvalue weighted by Gasteiger charge is 2.00. The molecule has 0 saturated heterocycles. The molecule has 16 heavy (non-hydrogen) atoms. The Labute approximate surface area is 93.5 Å². The van der Waals surface area contributed by atoms with Crippen LogP contribution in [-0.2, 0) is 6.42 Å². The van der Waals surface area contributed by atoms with Crippen LogP contribution in [0.5, 0.6) is 0 Å². The number of fused-ring (bicyclic) bond motifs is 1. The van der Waals surface area contributed by atoms with Crippen LogP contribution < -0.4 is 0 Å². The summed E-state index contributed by atoms with van der Waals surface area (Å²) >= 11 is 0. The highest BCUT2D eigenvalue weighted by Crippen LogP contribution is 2.18. The maximum absolute atomic E-state index is 5.31. The van der Waals surface area contributed by atoms with E-state index in [1.54, 1.807) is 6.26 Å². The van der Waals surface area contributed by atoms with Crippen molar-refractivity contribution in [1.82, 2.24) is 4.98 Å². The summed E-state index contributed by atoms with van der Waals surface area (Å²) < 4.78 is 5.31. The van der Waals surface area contributed by atoms with Crippen LogP contribution in [0.2, 0.25) is 0 Å². The van der Waals surface area contributed by atoms with Crippen LogP contribution in [0.1, 0.15) is 11.3 Å². The second-order valence-corrected chi connectivity index (χ2v) is 3.79. The molecule has 0 fully saturated rings. The van der Waals surface area contributed by atoms with Crippen molar-refractivity contribution in [1.29, 1.82) is 0 Å². The van der Waals surface area contributed by atoms with Crippen LogP contribution >= 0.6 is 0 Å². The standard InChI is InChI=1S/C14H11NO/c1-2-7-15-13(3-1)10-11-4-5-14-12(9-11)6-8-16-14/h1-9H,10H2. The number of nitrogens with zero attached hydrogens (tertiary/aromatic N) is 1. The van der Waals surface area contributed by atoms with Crippen molar-refractivity contribution in [2.75, 3.05) is 0 Å². The van der Waals surface area contributed by atoms with Crippen molar-refractivity contribution in [3.05, 3.63) is 66.2 Å². The quantitative estimate of drug-likeness (QED) is 0.646. The largest absolute Gasteiger partial charge is 0.464 e. The van der Waals surface area contributed by atoms with Gasteiger partial charge >= 0.3 is 0 Å². The Kier molecular flexibility index (Phi) is 2.18. The molecule has 2 aromatic heterocycles. The first-order valence-corrected chi connectivity index (χ1v) is 5.28. The maximum Gasteiger partial charge on any atom is 0.133 e. The van der Waals surface area contributed by atoms with Crippen molar-refractivity contribution >= 4 is 11.0 Å². The van der Waals surface area contributed by atoms with E-state index in [1.807, 2.05) is 36.5 Å². The fraction of sp³-hybridized carbons (Fsp3) is 0.0714. The van der Waals surface area contributed by atoms with Gasteiger partial charge in [-0.2, -0.15) is 0 Å². The van der Waals surface area contributed by atoms with Crippen molar-refractivity contribution < 1.29 is 4.42 Å². The van der Waals surface area contributed by atoms with Crippen LogP contribution in [0, 0.1) is 0 Å². The maximum atomic E-state index is 5.31. The fourth-order valence-electron chi connectivity index (χ4n) is 1.84. The third-order valence-electron chi connectivity index (χ3n) is 2.63. The smallest absolute Gasteiger partial charge is 0.133 e. The lowest BCUT2D eigenvalue weighted by Crippen LogP contribution is -1.90. The number of benzene rings is 1. The molecule has 0 radical (unpaired) electrons. The van der Waals surface area contributed by atoms with Crippen LogP contribution in [-0.4, -0.2) is 4.98 Å². The summed E-state index contributed by atoms with van der Waals surface area (Å²) in [6, 6.07) is 14.2. The zero-order valence-electron chi connectivity index (χ0n) is 8.76. The van der Waals surface area contributed by atoms with Crippen molar-refractivity contribution in [2.24, 2.45) is 0 Å². The number of pyridine rings is 1.